The van der Waals surface area contributed by atoms with Crippen molar-refractivity contribution in [3.05, 3.63) is 38.4 Å². The van der Waals surface area contributed by atoms with Crippen molar-refractivity contribution in [2.24, 2.45) is 5.92 Å². The Morgan fingerprint density at radius 3 is 2.65 bits per heavy atom. The SMILES string of the molecule is C[N+](C)(CCNC(=O)C1CCC(O[N+](=O)[O-])CC1)CC(O)COc1cc(Cl)ccc1Cl. The van der Waals surface area contributed by atoms with Gasteiger partial charge >= 0.3 is 0 Å². The van der Waals surface area contributed by atoms with Gasteiger partial charge in [-0.25, -0.2) is 0 Å². The van der Waals surface area contributed by atoms with E-state index < -0.39 is 17.3 Å². The van der Waals surface area contributed by atoms with Gasteiger partial charge in [-0.3, -0.25) is 4.79 Å². The van der Waals surface area contributed by atoms with E-state index >= 15 is 0 Å². The van der Waals surface area contributed by atoms with Crippen LogP contribution in [-0.2, 0) is 9.63 Å². The summed E-state index contributed by atoms with van der Waals surface area (Å²) in [4.78, 5) is 27.4. The Kier molecular flexibility index (Phi) is 9.61. The highest BCUT2D eigenvalue weighted by molar-refractivity contribution is 6.34. The van der Waals surface area contributed by atoms with Gasteiger partial charge in [-0.2, -0.15) is 0 Å². The summed E-state index contributed by atoms with van der Waals surface area (Å²) in [5, 5.41) is 23.8. The van der Waals surface area contributed by atoms with Gasteiger partial charge in [0.05, 0.1) is 32.2 Å². The maximum absolute atomic E-state index is 12.4. The maximum atomic E-state index is 12.4. The molecule has 0 bridgehead atoms. The zero-order valence-corrected chi connectivity index (χ0v) is 19.3. The van der Waals surface area contributed by atoms with Crippen molar-refractivity contribution in [3.8, 4) is 5.75 Å². The number of hydrogen-bond acceptors (Lipinski definition) is 6. The van der Waals surface area contributed by atoms with Crippen LogP contribution in [0.15, 0.2) is 18.2 Å². The Morgan fingerprint density at radius 1 is 1.32 bits per heavy atom. The number of amides is 1. The van der Waals surface area contributed by atoms with Crippen LogP contribution in [0, 0.1) is 16.0 Å². The molecule has 174 valence electrons. The largest absolute Gasteiger partial charge is 0.489 e. The molecule has 2 N–H and O–H groups in total. The van der Waals surface area contributed by atoms with Gasteiger partial charge in [-0.1, -0.05) is 23.2 Å². The molecule has 9 nitrogen and oxygen atoms in total. The Bertz CT molecular complexity index is 756. The number of quaternary nitrogens is 1. The summed E-state index contributed by atoms with van der Waals surface area (Å²) in [6, 6.07) is 4.90. The van der Waals surface area contributed by atoms with Crippen molar-refractivity contribution in [2.45, 2.75) is 37.9 Å². The van der Waals surface area contributed by atoms with Gasteiger partial charge < -0.3 is 24.5 Å². The summed E-state index contributed by atoms with van der Waals surface area (Å²) in [7, 11) is 3.92. The van der Waals surface area contributed by atoms with Gasteiger partial charge in [0.25, 0.3) is 5.09 Å². The van der Waals surface area contributed by atoms with E-state index in [4.69, 9.17) is 27.9 Å². The molecule has 0 saturated heterocycles. The van der Waals surface area contributed by atoms with Crippen molar-refractivity contribution in [1.82, 2.24) is 5.32 Å². The highest BCUT2D eigenvalue weighted by atomic mass is 35.5. The molecule has 0 radical (unpaired) electrons. The predicted molar refractivity (Wildman–Crippen MR) is 117 cm³/mol. The molecule has 0 spiro atoms. The first kappa shape index (κ1) is 25.5. The normalized spacial score (nSPS) is 20.0. The van der Waals surface area contributed by atoms with Crippen molar-refractivity contribution < 1.29 is 29.0 Å². The molecular weight excluding hydrogens is 449 g/mol. The topological polar surface area (TPSA) is 111 Å². The second-order valence-corrected chi connectivity index (χ2v) is 9.32. The highest BCUT2D eigenvalue weighted by Gasteiger charge is 2.28. The van der Waals surface area contributed by atoms with Gasteiger partial charge in [-0.15, -0.1) is 10.1 Å². The Balaban J connectivity index is 1.68. The van der Waals surface area contributed by atoms with E-state index in [1.165, 1.54) is 0 Å². The highest BCUT2D eigenvalue weighted by Crippen LogP contribution is 2.28. The van der Waals surface area contributed by atoms with E-state index in [9.17, 15) is 20.0 Å². The Morgan fingerprint density at radius 2 is 2.00 bits per heavy atom. The zero-order chi connectivity index (χ0) is 23.0. The monoisotopic (exact) mass is 478 g/mol. The lowest BCUT2D eigenvalue weighted by Crippen LogP contribution is -2.51. The van der Waals surface area contributed by atoms with Crippen molar-refractivity contribution in [1.29, 1.82) is 0 Å². The molecule has 1 atom stereocenters. The fourth-order valence-corrected chi connectivity index (χ4v) is 4.00. The van der Waals surface area contributed by atoms with Crippen LogP contribution in [-0.4, -0.2) is 73.1 Å². The van der Waals surface area contributed by atoms with Crippen LogP contribution in [0.1, 0.15) is 25.7 Å². The molecule has 1 amide bonds. The third-order valence-electron chi connectivity index (χ3n) is 5.33. The average molecular weight is 479 g/mol. The van der Waals surface area contributed by atoms with Crippen molar-refractivity contribution in [2.75, 3.05) is 40.3 Å². The molecule has 1 aliphatic rings. The molecule has 1 aromatic rings. The Hall–Kier alpha value is -1.81. The molecule has 0 aliphatic heterocycles. The number of aliphatic hydroxyl groups is 1. The first-order valence-corrected chi connectivity index (χ1v) is 11.0. The summed E-state index contributed by atoms with van der Waals surface area (Å²) in [6.45, 7) is 1.59. The number of carbonyl (C=O) groups is 1. The van der Waals surface area contributed by atoms with E-state index in [2.05, 4.69) is 10.2 Å². The summed E-state index contributed by atoms with van der Waals surface area (Å²) in [5.41, 5.74) is 0. The maximum Gasteiger partial charge on any atom is 0.294 e. The molecule has 31 heavy (non-hydrogen) atoms. The smallest absolute Gasteiger partial charge is 0.294 e. The van der Waals surface area contributed by atoms with Crippen LogP contribution in [0.5, 0.6) is 5.75 Å². The van der Waals surface area contributed by atoms with Crippen LogP contribution >= 0.6 is 23.2 Å². The first-order valence-electron chi connectivity index (χ1n) is 10.2. The van der Waals surface area contributed by atoms with Crippen LogP contribution < -0.4 is 10.1 Å². The zero-order valence-electron chi connectivity index (χ0n) is 17.8. The van der Waals surface area contributed by atoms with Crippen LogP contribution in [0.25, 0.3) is 0 Å². The van der Waals surface area contributed by atoms with Gasteiger partial charge in [0, 0.05) is 17.0 Å². The lowest BCUT2D eigenvalue weighted by molar-refractivity contribution is -0.892. The van der Waals surface area contributed by atoms with Crippen LogP contribution in [0.3, 0.4) is 0 Å². The fraction of sp³-hybridized carbons (Fsp3) is 0.650. The summed E-state index contributed by atoms with van der Waals surface area (Å²) in [6.07, 6.45) is 1.01. The average Bonchev–Trinajstić information content (AvgIpc) is 2.68. The summed E-state index contributed by atoms with van der Waals surface area (Å²) in [5.74, 6) is 0.229. The lowest BCUT2D eigenvalue weighted by Gasteiger charge is -2.32. The molecule has 0 heterocycles. The standard InChI is InChI=1S/C20H29Cl2N3O6/c1-25(2,12-16(26)13-30-19-11-15(21)5-8-18(19)22)10-9-23-20(27)14-3-6-17(7-4-14)31-24(28)29/h5,8,11,14,16-17,26H,3-4,6-7,9-10,12-13H2,1-2H3/p+1. The molecule has 2 rings (SSSR count). The number of hydrogen-bond donors (Lipinski definition) is 2. The van der Waals surface area contributed by atoms with Crippen LogP contribution in [0.4, 0.5) is 0 Å². The predicted octanol–water partition coefficient (Wildman–Crippen LogP) is 2.69. The van der Waals surface area contributed by atoms with E-state index in [1.807, 2.05) is 14.1 Å². The van der Waals surface area contributed by atoms with Crippen molar-refractivity contribution >= 4 is 29.1 Å². The number of carbonyl (C=O) groups excluding carboxylic acids is 1. The van der Waals surface area contributed by atoms with E-state index in [0.29, 0.717) is 65.6 Å². The first-order chi connectivity index (χ1) is 14.6. The van der Waals surface area contributed by atoms with Gasteiger partial charge in [0.15, 0.2) is 0 Å². The van der Waals surface area contributed by atoms with Gasteiger partial charge in [-0.05, 0) is 37.8 Å². The molecule has 0 aromatic heterocycles. The number of nitrogens with zero attached hydrogens (tertiary/aromatic N) is 2. The van der Waals surface area contributed by atoms with E-state index in [1.54, 1.807) is 18.2 Å². The fourth-order valence-electron chi connectivity index (χ4n) is 3.67. The van der Waals surface area contributed by atoms with Gasteiger partial charge in [0.2, 0.25) is 5.91 Å². The molecule has 11 heteroatoms. The number of likely N-dealkylation sites (N-methyl/N-ethyl adjacent to an activating group) is 1. The third kappa shape index (κ3) is 9.06. The lowest BCUT2D eigenvalue weighted by atomic mass is 9.87. The van der Waals surface area contributed by atoms with Crippen LogP contribution in [0.2, 0.25) is 10.0 Å². The van der Waals surface area contributed by atoms with Crippen molar-refractivity contribution in [3.63, 3.8) is 0 Å². The number of ether oxygens (including phenoxy) is 1. The number of nitrogens with one attached hydrogen (secondary N) is 1. The number of halogens is 2. The summed E-state index contributed by atoms with van der Waals surface area (Å²) < 4.78 is 6.07. The van der Waals surface area contributed by atoms with E-state index in [-0.39, 0.29) is 18.4 Å². The second kappa shape index (κ2) is 11.7. The quantitative estimate of drug-likeness (QED) is 0.287. The molecule has 1 saturated carbocycles. The minimum absolute atomic E-state index is 0.0426. The number of aliphatic hydroxyl groups excluding tert-OH is 1. The molecule has 1 aliphatic carbocycles. The number of rotatable bonds is 11. The molecule has 1 fully saturated rings. The van der Waals surface area contributed by atoms with Gasteiger partial charge in [0.1, 0.15) is 31.1 Å². The molecule has 1 aromatic carbocycles. The minimum atomic E-state index is -0.770. The minimum Gasteiger partial charge on any atom is -0.489 e. The van der Waals surface area contributed by atoms with E-state index in [0.717, 1.165) is 0 Å². The summed E-state index contributed by atoms with van der Waals surface area (Å²) >= 11 is 12.0. The molecular formula is C20H30Cl2N3O6+. The molecule has 1 unspecified atom stereocenters. The number of benzene rings is 1. The Labute approximate surface area is 191 Å². The third-order valence-corrected chi connectivity index (χ3v) is 5.87. The second-order valence-electron chi connectivity index (χ2n) is 8.48.